The Morgan fingerprint density at radius 1 is 0.846 bits per heavy atom. The third kappa shape index (κ3) is 14.2. The molecule has 0 aromatic rings. The van der Waals surface area contributed by atoms with Crippen LogP contribution in [0.15, 0.2) is 0 Å². The molecule has 0 saturated carbocycles. The van der Waals surface area contributed by atoms with Crippen molar-refractivity contribution in [1.29, 1.82) is 0 Å². The summed E-state index contributed by atoms with van der Waals surface area (Å²) in [5, 5.41) is 53.4. The van der Waals surface area contributed by atoms with Crippen LogP contribution in [0.2, 0.25) is 13.3 Å². The van der Waals surface area contributed by atoms with Gasteiger partial charge in [0.15, 0.2) is 0 Å². The average Bonchev–Trinajstić information content (AvgIpc) is 2.65. The smallest absolute Gasteiger partial charge is 0.122 e. The zero-order valence-corrected chi connectivity index (χ0v) is 19.3. The molecule has 26 heavy (non-hydrogen) atoms. The van der Waals surface area contributed by atoms with Crippen molar-refractivity contribution in [3.8, 4) is 0 Å². The Morgan fingerprint density at radius 2 is 1.23 bits per heavy atom. The van der Waals surface area contributed by atoms with Crippen LogP contribution in [0.1, 0.15) is 59.3 Å². The molecule has 8 heteroatoms. The van der Waals surface area contributed by atoms with Gasteiger partial charge in [0, 0.05) is 0 Å². The molecule has 0 spiro atoms. The van der Waals surface area contributed by atoms with Crippen molar-refractivity contribution in [2.75, 3.05) is 6.61 Å². The normalized spacial score (nSPS) is 15.4. The summed E-state index contributed by atoms with van der Waals surface area (Å²) >= 11 is -0.839. The zero-order valence-electron chi connectivity index (χ0n) is 16.4. The summed E-state index contributed by atoms with van der Waals surface area (Å²) in [4.78, 5) is 9.98. The van der Waals surface area contributed by atoms with E-state index in [0.717, 1.165) is 0 Å². The number of rotatable bonds is 14. The predicted molar refractivity (Wildman–Crippen MR) is 101 cm³/mol. The molecule has 0 heterocycles. The first-order chi connectivity index (χ1) is 12.3. The number of carboxylic acids is 1. The molecule has 0 unspecified atom stereocenters. The largest absolute Gasteiger partial charge is 0.547 e. The second-order valence-electron chi connectivity index (χ2n) is 6.56. The molecule has 0 amide bonds. The topological polar surface area (TPSA) is 141 Å². The molecule has 7 nitrogen and oxygen atoms in total. The van der Waals surface area contributed by atoms with Crippen molar-refractivity contribution in [3.63, 3.8) is 0 Å². The number of hydrogen-bond acceptors (Lipinski definition) is 7. The van der Waals surface area contributed by atoms with Crippen LogP contribution in [0.5, 0.6) is 0 Å². The van der Waals surface area contributed by atoms with E-state index in [0.29, 0.717) is 0 Å². The van der Waals surface area contributed by atoms with Gasteiger partial charge in [-0.1, -0.05) is 0 Å². The Balaban J connectivity index is 0. The van der Waals surface area contributed by atoms with E-state index in [9.17, 15) is 9.90 Å². The molecule has 5 N–H and O–H groups in total. The average molecular weight is 485 g/mol. The SMILES string of the molecule is CCC[CH2][Sn+]([CH2]CCC)[CH2]CCC.O=C([O-])[C@H](O)[C@@H](O)[C@H](O)[C@H](O)CO. The summed E-state index contributed by atoms with van der Waals surface area (Å²) in [6.45, 7) is 6.14. The molecule has 0 rings (SSSR count). The van der Waals surface area contributed by atoms with E-state index in [1.807, 2.05) is 0 Å². The standard InChI is InChI=1S/C6H12O7.3C4H9.Sn/c7-1-2(8)3(9)4(10)5(11)6(12)13;3*1-3-4-2;/h2-5,7-11H,1H2,(H,12,13);3*1,3-4H2,2H3;/q;;;;+1/p-1/t2-,3-,4+,5-;;;;/m1..../s1. The van der Waals surface area contributed by atoms with E-state index >= 15 is 0 Å². The molecule has 0 aliphatic heterocycles. The van der Waals surface area contributed by atoms with E-state index in [4.69, 9.17) is 25.5 Å². The number of carboxylic acid groups (broad SMARTS) is 1. The van der Waals surface area contributed by atoms with Crippen molar-refractivity contribution in [2.45, 2.75) is 97.0 Å². The number of aliphatic carboxylic acids is 1. The first-order valence-corrected chi connectivity index (χ1v) is 15.7. The second kappa shape index (κ2) is 18.4. The molecule has 4 atom stereocenters. The molecule has 156 valence electrons. The fourth-order valence-corrected chi connectivity index (χ4v) is 11.8. The van der Waals surface area contributed by atoms with Gasteiger partial charge in [0.25, 0.3) is 0 Å². The number of carbonyl (C=O) groups excluding carboxylic acids is 1. The van der Waals surface area contributed by atoms with Crippen LogP contribution in [0.25, 0.3) is 0 Å². The van der Waals surface area contributed by atoms with Crippen molar-refractivity contribution >= 4 is 25.7 Å². The van der Waals surface area contributed by atoms with Crippen LogP contribution in [0.3, 0.4) is 0 Å². The monoisotopic (exact) mass is 486 g/mol. The Morgan fingerprint density at radius 3 is 1.50 bits per heavy atom. The summed E-state index contributed by atoms with van der Waals surface area (Å²) in [5.74, 6) is -1.98. The maximum Gasteiger partial charge on any atom is 0.122 e. The van der Waals surface area contributed by atoms with Crippen molar-refractivity contribution < 1.29 is 35.4 Å². The van der Waals surface area contributed by atoms with Gasteiger partial charge >= 0.3 is 92.4 Å². The minimum atomic E-state index is -2.31. The van der Waals surface area contributed by atoms with Crippen LogP contribution in [-0.4, -0.2) is 82.3 Å². The van der Waals surface area contributed by atoms with Crippen LogP contribution in [0.4, 0.5) is 0 Å². The first-order valence-electron chi connectivity index (χ1n) is 9.64. The molecular weight excluding hydrogens is 447 g/mol. The van der Waals surface area contributed by atoms with Crippen LogP contribution in [0, 0.1) is 0 Å². The summed E-state index contributed by atoms with van der Waals surface area (Å²) < 4.78 is 5.04. The van der Waals surface area contributed by atoms with E-state index in [1.54, 1.807) is 13.3 Å². The molecule has 0 radical (unpaired) electrons. The third-order valence-electron chi connectivity index (χ3n) is 4.15. The van der Waals surface area contributed by atoms with Crippen molar-refractivity contribution in [3.05, 3.63) is 0 Å². The van der Waals surface area contributed by atoms with Crippen LogP contribution >= 0.6 is 0 Å². The van der Waals surface area contributed by atoms with Gasteiger partial charge in [0.1, 0.15) is 24.4 Å². The Labute approximate surface area is 164 Å². The molecule has 0 aromatic heterocycles. The fraction of sp³-hybridized carbons (Fsp3) is 0.944. The van der Waals surface area contributed by atoms with E-state index in [2.05, 4.69) is 20.8 Å². The number of hydrogen-bond donors (Lipinski definition) is 5. The molecule has 0 aliphatic rings. The number of carbonyl (C=O) groups is 1. The van der Waals surface area contributed by atoms with Crippen molar-refractivity contribution in [1.82, 2.24) is 0 Å². The molecule has 0 saturated heterocycles. The first kappa shape index (κ1) is 28.3. The third-order valence-corrected chi connectivity index (χ3v) is 13.2. The van der Waals surface area contributed by atoms with Gasteiger partial charge in [-0.3, -0.25) is 0 Å². The molecule has 0 aliphatic carbocycles. The molecule has 0 fully saturated rings. The van der Waals surface area contributed by atoms with E-state index < -0.39 is 56.8 Å². The van der Waals surface area contributed by atoms with Gasteiger partial charge < -0.3 is 35.4 Å². The van der Waals surface area contributed by atoms with Gasteiger partial charge in [0.2, 0.25) is 0 Å². The van der Waals surface area contributed by atoms with Gasteiger partial charge in [-0.15, -0.1) is 0 Å². The summed E-state index contributed by atoms with van der Waals surface area (Å²) in [6, 6.07) is 0. The van der Waals surface area contributed by atoms with Crippen LogP contribution < -0.4 is 5.11 Å². The van der Waals surface area contributed by atoms with Gasteiger partial charge in [-0.25, -0.2) is 0 Å². The molecule has 0 aromatic carbocycles. The summed E-state index contributed by atoms with van der Waals surface area (Å²) in [6.07, 6.45) is 0.768. The van der Waals surface area contributed by atoms with Gasteiger partial charge in [-0.05, 0) is 0 Å². The van der Waals surface area contributed by atoms with E-state index in [-0.39, 0.29) is 0 Å². The summed E-state index contributed by atoms with van der Waals surface area (Å²) in [7, 11) is 0. The Kier molecular flexibility index (Phi) is 20.0. The summed E-state index contributed by atoms with van der Waals surface area (Å²) in [5.41, 5.74) is 0. The van der Waals surface area contributed by atoms with E-state index in [1.165, 1.54) is 38.5 Å². The Hall–Kier alpha value is 0.0687. The molecule has 0 bridgehead atoms. The molecular formula is C18H38O7Sn. The number of aliphatic hydroxyl groups is 5. The minimum absolute atomic E-state index is 0.839. The maximum atomic E-state index is 9.98. The van der Waals surface area contributed by atoms with Gasteiger partial charge in [-0.2, -0.15) is 0 Å². The Bertz CT molecular complexity index is 312. The zero-order chi connectivity index (χ0) is 20.5. The van der Waals surface area contributed by atoms with Crippen molar-refractivity contribution in [2.24, 2.45) is 0 Å². The van der Waals surface area contributed by atoms with Crippen LogP contribution in [-0.2, 0) is 4.79 Å². The quantitative estimate of drug-likeness (QED) is 0.219. The second-order valence-corrected chi connectivity index (χ2v) is 15.1. The fourth-order valence-electron chi connectivity index (χ4n) is 2.32. The predicted octanol–water partition coefficient (Wildman–Crippen LogP) is 0.0537. The number of aliphatic hydroxyl groups excluding tert-OH is 5. The maximum absolute atomic E-state index is 9.98. The number of unbranched alkanes of at least 4 members (excludes halogenated alkanes) is 3. The minimum Gasteiger partial charge on any atom is -0.547 e. The van der Waals surface area contributed by atoms with Gasteiger partial charge in [0.05, 0.1) is 12.6 Å².